The summed E-state index contributed by atoms with van der Waals surface area (Å²) in [7, 11) is 0. The SMILES string of the molecule is CC(C)C(=O)c1cc(Cl)cc(C2(C#N)CC2)c1. The molecule has 0 amide bonds. The summed E-state index contributed by atoms with van der Waals surface area (Å²) < 4.78 is 0. The third kappa shape index (κ3) is 2.21. The van der Waals surface area contributed by atoms with Gasteiger partial charge in [0.25, 0.3) is 0 Å². The summed E-state index contributed by atoms with van der Waals surface area (Å²) in [4.78, 5) is 11.9. The standard InChI is InChI=1S/C14H14ClNO/c1-9(2)13(17)10-5-11(7-12(15)6-10)14(8-16)3-4-14/h5-7,9H,3-4H2,1-2H3. The highest BCUT2D eigenvalue weighted by molar-refractivity contribution is 6.31. The highest BCUT2D eigenvalue weighted by Gasteiger charge is 2.45. The lowest BCUT2D eigenvalue weighted by molar-refractivity contribution is 0.0939. The molecule has 0 unspecified atom stereocenters. The van der Waals surface area contributed by atoms with Crippen molar-refractivity contribution in [2.45, 2.75) is 32.1 Å². The average Bonchev–Trinajstić information content (AvgIpc) is 3.08. The van der Waals surface area contributed by atoms with Crippen molar-refractivity contribution in [3.8, 4) is 6.07 Å². The van der Waals surface area contributed by atoms with E-state index in [0.29, 0.717) is 10.6 Å². The molecule has 0 atom stereocenters. The van der Waals surface area contributed by atoms with Gasteiger partial charge in [0.1, 0.15) is 0 Å². The van der Waals surface area contributed by atoms with Crippen LogP contribution in [0.25, 0.3) is 0 Å². The van der Waals surface area contributed by atoms with E-state index in [2.05, 4.69) is 6.07 Å². The second-order valence-electron chi connectivity index (χ2n) is 4.94. The van der Waals surface area contributed by atoms with Crippen LogP contribution in [0.15, 0.2) is 18.2 Å². The fraction of sp³-hybridized carbons (Fsp3) is 0.429. The molecule has 3 heteroatoms. The normalized spacial score (nSPS) is 16.6. The van der Waals surface area contributed by atoms with Crippen molar-refractivity contribution in [3.05, 3.63) is 34.3 Å². The maximum Gasteiger partial charge on any atom is 0.165 e. The first-order chi connectivity index (χ1) is 7.98. The van der Waals surface area contributed by atoms with Crippen LogP contribution in [0.3, 0.4) is 0 Å². The zero-order chi connectivity index (χ0) is 12.6. The van der Waals surface area contributed by atoms with E-state index >= 15 is 0 Å². The lowest BCUT2D eigenvalue weighted by Crippen LogP contribution is -2.10. The lowest BCUT2D eigenvalue weighted by atomic mass is 9.92. The highest BCUT2D eigenvalue weighted by Crippen LogP contribution is 2.48. The maximum absolute atomic E-state index is 11.9. The molecule has 2 rings (SSSR count). The zero-order valence-electron chi connectivity index (χ0n) is 9.96. The summed E-state index contributed by atoms with van der Waals surface area (Å²) in [6, 6.07) is 7.63. The quantitative estimate of drug-likeness (QED) is 0.764. The van der Waals surface area contributed by atoms with Crippen LogP contribution in [0.1, 0.15) is 42.6 Å². The van der Waals surface area contributed by atoms with Gasteiger partial charge in [0.05, 0.1) is 11.5 Å². The maximum atomic E-state index is 11.9. The average molecular weight is 248 g/mol. The van der Waals surface area contributed by atoms with Gasteiger partial charge in [-0.15, -0.1) is 0 Å². The molecule has 0 saturated heterocycles. The molecule has 88 valence electrons. The number of halogens is 1. The summed E-state index contributed by atoms with van der Waals surface area (Å²) in [5, 5.41) is 9.70. The number of hydrogen-bond donors (Lipinski definition) is 0. The number of hydrogen-bond acceptors (Lipinski definition) is 2. The van der Waals surface area contributed by atoms with Crippen LogP contribution in [-0.2, 0) is 5.41 Å². The number of rotatable bonds is 3. The minimum atomic E-state index is -0.392. The Morgan fingerprint density at radius 3 is 2.53 bits per heavy atom. The van der Waals surface area contributed by atoms with E-state index in [1.165, 1.54) is 0 Å². The van der Waals surface area contributed by atoms with Crippen molar-refractivity contribution < 1.29 is 4.79 Å². The van der Waals surface area contributed by atoms with Gasteiger partial charge in [-0.1, -0.05) is 25.4 Å². The Morgan fingerprint density at radius 1 is 1.41 bits per heavy atom. The Kier molecular flexibility index (Phi) is 2.97. The van der Waals surface area contributed by atoms with Crippen LogP contribution >= 0.6 is 11.6 Å². The number of ketones is 1. The molecule has 0 aromatic heterocycles. The second kappa shape index (κ2) is 4.16. The van der Waals surface area contributed by atoms with E-state index in [4.69, 9.17) is 16.9 Å². The topological polar surface area (TPSA) is 40.9 Å². The van der Waals surface area contributed by atoms with E-state index in [-0.39, 0.29) is 11.7 Å². The number of Topliss-reactive ketones (excluding diaryl/α,β-unsaturated/α-hetero) is 1. The fourth-order valence-electron chi connectivity index (χ4n) is 1.93. The van der Waals surface area contributed by atoms with Crippen molar-refractivity contribution in [2.75, 3.05) is 0 Å². The van der Waals surface area contributed by atoms with Gasteiger partial charge in [0, 0.05) is 16.5 Å². The first-order valence-electron chi connectivity index (χ1n) is 5.75. The molecule has 0 spiro atoms. The van der Waals surface area contributed by atoms with Gasteiger partial charge < -0.3 is 0 Å². The molecule has 2 nitrogen and oxygen atoms in total. The Bertz CT molecular complexity index is 509. The van der Waals surface area contributed by atoms with Crippen molar-refractivity contribution in [3.63, 3.8) is 0 Å². The van der Waals surface area contributed by atoms with Crippen LogP contribution in [0.2, 0.25) is 5.02 Å². The molecular weight excluding hydrogens is 234 g/mol. The number of carbonyl (C=O) groups excluding carboxylic acids is 1. The molecule has 0 N–H and O–H groups in total. The van der Waals surface area contributed by atoms with E-state index in [9.17, 15) is 4.79 Å². The second-order valence-corrected chi connectivity index (χ2v) is 5.38. The van der Waals surface area contributed by atoms with Crippen molar-refractivity contribution in [1.82, 2.24) is 0 Å². The summed E-state index contributed by atoms with van der Waals surface area (Å²) >= 11 is 6.03. The number of nitriles is 1. The molecule has 1 aliphatic rings. The Labute approximate surface area is 106 Å². The van der Waals surface area contributed by atoms with E-state index in [1.54, 1.807) is 12.1 Å². The summed E-state index contributed by atoms with van der Waals surface area (Å²) in [5.41, 5.74) is 1.11. The molecular formula is C14H14ClNO. The molecule has 1 aromatic carbocycles. The van der Waals surface area contributed by atoms with E-state index in [0.717, 1.165) is 18.4 Å². The molecule has 1 saturated carbocycles. The Morgan fingerprint density at radius 2 is 2.06 bits per heavy atom. The van der Waals surface area contributed by atoms with Crippen molar-refractivity contribution in [1.29, 1.82) is 5.26 Å². The molecule has 0 heterocycles. The summed E-state index contributed by atoms with van der Waals surface area (Å²) in [6.07, 6.45) is 1.72. The molecule has 1 fully saturated rings. The fourth-order valence-corrected chi connectivity index (χ4v) is 2.17. The van der Waals surface area contributed by atoms with Crippen LogP contribution < -0.4 is 0 Å². The number of nitrogens with zero attached hydrogens (tertiary/aromatic N) is 1. The minimum Gasteiger partial charge on any atom is -0.294 e. The van der Waals surface area contributed by atoms with Crippen LogP contribution in [0.4, 0.5) is 0 Å². The molecule has 0 bridgehead atoms. The number of carbonyl (C=O) groups is 1. The third-order valence-electron chi connectivity index (χ3n) is 3.22. The third-order valence-corrected chi connectivity index (χ3v) is 3.44. The van der Waals surface area contributed by atoms with Crippen molar-refractivity contribution >= 4 is 17.4 Å². The van der Waals surface area contributed by atoms with Gasteiger partial charge in [-0.2, -0.15) is 5.26 Å². The van der Waals surface area contributed by atoms with Crippen LogP contribution in [0, 0.1) is 17.2 Å². The Balaban J connectivity index is 2.44. The number of benzene rings is 1. The monoisotopic (exact) mass is 247 g/mol. The summed E-state index contributed by atoms with van der Waals surface area (Å²) in [5.74, 6) is 0.0149. The zero-order valence-corrected chi connectivity index (χ0v) is 10.7. The van der Waals surface area contributed by atoms with Crippen LogP contribution in [0.5, 0.6) is 0 Å². The highest BCUT2D eigenvalue weighted by atomic mass is 35.5. The summed E-state index contributed by atoms with van der Waals surface area (Å²) in [6.45, 7) is 3.72. The van der Waals surface area contributed by atoms with Crippen LogP contribution in [-0.4, -0.2) is 5.78 Å². The molecule has 0 aliphatic heterocycles. The van der Waals surface area contributed by atoms with E-state index < -0.39 is 5.41 Å². The molecule has 1 aliphatic carbocycles. The Hall–Kier alpha value is -1.33. The first kappa shape index (κ1) is 12.1. The van der Waals surface area contributed by atoms with Gasteiger partial charge in [-0.05, 0) is 36.6 Å². The largest absolute Gasteiger partial charge is 0.294 e. The minimum absolute atomic E-state index is 0.0569. The molecule has 1 aromatic rings. The van der Waals surface area contributed by atoms with Gasteiger partial charge >= 0.3 is 0 Å². The molecule has 0 radical (unpaired) electrons. The molecule has 17 heavy (non-hydrogen) atoms. The van der Waals surface area contributed by atoms with Crippen molar-refractivity contribution in [2.24, 2.45) is 5.92 Å². The smallest absolute Gasteiger partial charge is 0.165 e. The predicted molar refractivity (Wildman–Crippen MR) is 67.1 cm³/mol. The first-order valence-corrected chi connectivity index (χ1v) is 6.13. The van der Waals surface area contributed by atoms with Gasteiger partial charge in [-0.25, -0.2) is 0 Å². The van der Waals surface area contributed by atoms with Gasteiger partial charge in [0.2, 0.25) is 0 Å². The van der Waals surface area contributed by atoms with Gasteiger partial charge in [-0.3, -0.25) is 4.79 Å². The van der Waals surface area contributed by atoms with Gasteiger partial charge in [0.15, 0.2) is 5.78 Å². The predicted octanol–water partition coefficient (Wildman–Crippen LogP) is 3.73. The van der Waals surface area contributed by atoms with E-state index in [1.807, 2.05) is 19.9 Å². The lowest BCUT2D eigenvalue weighted by Gasteiger charge is -2.11.